The van der Waals surface area contributed by atoms with Gasteiger partial charge in [0.15, 0.2) is 0 Å². The van der Waals surface area contributed by atoms with Gasteiger partial charge in [-0.2, -0.15) is 0 Å². The van der Waals surface area contributed by atoms with Crippen LogP contribution in [0.25, 0.3) is 11.1 Å². The first-order chi connectivity index (χ1) is 37.7. The third-order valence-corrected chi connectivity index (χ3v) is 14.6. The van der Waals surface area contributed by atoms with Crippen LogP contribution >= 0.6 is 15.9 Å². The van der Waals surface area contributed by atoms with Crippen molar-refractivity contribution in [3.05, 3.63) is 221 Å². The van der Waals surface area contributed by atoms with Crippen molar-refractivity contribution in [2.24, 2.45) is 0 Å². The Balaban J connectivity index is 0.000000178. The molecule has 4 atom stereocenters. The molecule has 4 aliphatic rings. The topological polar surface area (TPSA) is 134 Å². The molecule has 11 rings (SSSR count). The Morgan fingerprint density at radius 3 is 0.948 bits per heavy atom. The number of hydrogen-bond donors (Lipinski definition) is 0. The fourth-order valence-electron chi connectivity index (χ4n) is 10.3. The van der Waals surface area contributed by atoms with Crippen molar-refractivity contribution in [2.45, 2.75) is 63.4 Å². The zero-order valence-electron chi connectivity index (χ0n) is 42.6. The molecule has 4 fully saturated rings. The number of piperidine rings is 2. The van der Waals surface area contributed by atoms with E-state index in [-0.39, 0.29) is 50.6 Å². The summed E-state index contributed by atoms with van der Waals surface area (Å²) in [5, 5.41) is 5.85. The molecule has 4 unspecified atom stereocenters. The van der Waals surface area contributed by atoms with E-state index in [2.05, 4.69) is 50.0 Å². The Hall–Kier alpha value is -8.50. The number of halogens is 1. The molecular formula is C61H59BrN6O9. The Morgan fingerprint density at radius 1 is 0.390 bits per heavy atom. The summed E-state index contributed by atoms with van der Waals surface area (Å²) < 4.78 is 28.9. The number of anilines is 2. The van der Waals surface area contributed by atoms with Gasteiger partial charge in [-0.3, -0.25) is 0 Å². The third-order valence-electron chi connectivity index (χ3n) is 14.1. The fraction of sp³-hybridized carbons (Fsp3) is 0.246. The van der Waals surface area contributed by atoms with E-state index in [0.29, 0.717) is 39.0 Å². The molecule has 0 saturated carbocycles. The lowest BCUT2D eigenvalue weighted by molar-refractivity contribution is -0.0199. The standard InChI is InChI=1S/C34H33N3O5.C27H26BrN3O4/c1-40-32-18-14-28(15-19-32)27-12-16-29(17-13-27)35-21-30-20-31(22-35)37(34(39)42-24-26-10-6-3-7-11-26)36(30)33(38)41-23-25-8-4-2-5-9-25;28-22-11-13-23(14-12-22)29-16-24-15-25(17-29)31(27(33)35-19-21-9-5-2-6-10-21)30(24)26(32)34-18-20-7-3-1-4-8-20/h2-19,30-31H,20-24H2,1H3;1-14,24-25H,15-19H2. The summed E-state index contributed by atoms with van der Waals surface area (Å²) >= 11 is 3.48. The summed E-state index contributed by atoms with van der Waals surface area (Å²) in [6, 6.07) is 61.5. The molecule has 0 spiro atoms. The molecule has 394 valence electrons. The number of fused-ring (bicyclic) bond motifs is 4. The Kier molecular flexibility index (Phi) is 16.5. The van der Waals surface area contributed by atoms with Crippen LogP contribution in [-0.2, 0) is 45.4 Å². The summed E-state index contributed by atoms with van der Waals surface area (Å²) in [6.45, 7) is 2.85. The van der Waals surface area contributed by atoms with Gasteiger partial charge in [0.1, 0.15) is 32.2 Å². The highest BCUT2D eigenvalue weighted by Crippen LogP contribution is 2.37. The van der Waals surface area contributed by atoms with Crippen LogP contribution in [0.1, 0.15) is 35.1 Å². The van der Waals surface area contributed by atoms with Crippen molar-refractivity contribution in [1.29, 1.82) is 0 Å². The maximum absolute atomic E-state index is 13.5. The molecule has 0 radical (unpaired) electrons. The normalized spacial score (nSPS) is 18.2. The van der Waals surface area contributed by atoms with E-state index in [0.717, 1.165) is 55.0 Å². The van der Waals surface area contributed by atoms with Crippen LogP contribution in [0.2, 0.25) is 0 Å². The van der Waals surface area contributed by atoms with E-state index in [1.165, 1.54) is 20.0 Å². The fourth-order valence-corrected chi connectivity index (χ4v) is 10.6. The summed E-state index contributed by atoms with van der Waals surface area (Å²) in [5.74, 6) is 0.817. The molecule has 16 heteroatoms. The zero-order chi connectivity index (χ0) is 53.1. The summed E-state index contributed by atoms with van der Waals surface area (Å²) in [5.41, 5.74) is 7.79. The molecule has 0 aromatic heterocycles. The van der Waals surface area contributed by atoms with Crippen molar-refractivity contribution >= 4 is 51.7 Å². The summed E-state index contributed by atoms with van der Waals surface area (Å²) in [4.78, 5) is 57.9. The molecule has 0 aliphatic carbocycles. The Labute approximate surface area is 456 Å². The molecular weight excluding hydrogens is 1040 g/mol. The number of amides is 4. The Morgan fingerprint density at radius 2 is 0.662 bits per heavy atom. The second kappa shape index (κ2) is 24.4. The van der Waals surface area contributed by atoms with Gasteiger partial charge in [-0.25, -0.2) is 39.2 Å². The first-order valence-corrected chi connectivity index (χ1v) is 26.5. The molecule has 4 aliphatic heterocycles. The zero-order valence-corrected chi connectivity index (χ0v) is 44.2. The number of benzene rings is 7. The second-order valence-corrected chi connectivity index (χ2v) is 20.1. The van der Waals surface area contributed by atoms with Crippen molar-refractivity contribution in [3.8, 4) is 16.9 Å². The maximum atomic E-state index is 13.5. The van der Waals surface area contributed by atoms with Crippen molar-refractivity contribution < 1.29 is 42.9 Å². The van der Waals surface area contributed by atoms with E-state index in [4.69, 9.17) is 23.7 Å². The van der Waals surface area contributed by atoms with Crippen molar-refractivity contribution in [3.63, 3.8) is 0 Å². The van der Waals surface area contributed by atoms with Crippen LogP contribution in [0.3, 0.4) is 0 Å². The molecule has 7 aromatic rings. The largest absolute Gasteiger partial charge is 0.497 e. The monoisotopic (exact) mass is 1100 g/mol. The van der Waals surface area contributed by atoms with Crippen LogP contribution in [0, 0.1) is 0 Å². The van der Waals surface area contributed by atoms with Gasteiger partial charge >= 0.3 is 24.4 Å². The van der Waals surface area contributed by atoms with Gasteiger partial charge in [0, 0.05) is 42.0 Å². The predicted octanol–water partition coefficient (Wildman–Crippen LogP) is 12.1. The van der Waals surface area contributed by atoms with Crippen LogP contribution in [0.4, 0.5) is 30.6 Å². The number of carbonyl (C=O) groups is 4. The summed E-state index contributed by atoms with van der Waals surface area (Å²) in [6.07, 6.45) is -0.874. The summed E-state index contributed by atoms with van der Waals surface area (Å²) in [7, 11) is 1.66. The van der Waals surface area contributed by atoms with Gasteiger partial charge in [-0.1, -0.05) is 162 Å². The average molecular weight is 1100 g/mol. The molecule has 15 nitrogen and oxygen atoms in total. The predicted molar refractivity (Wildman–Crippen MR) is 295 cm³/mol. The molecule has 0 N–H and O–H groups in total. The minimum Gasteiger partial charge on any atom is -0.497 e. The lowest BCUT2D eigenvalue weighted by Gasteiger charge is -2.32. The number of carbonyl (C=O) groups excluding carboxylic acids is 4. The maximum Gasteiger partial charge on any atom is 0.429 e. The minimum atomic E-state index is -0.556. The molecule has 4 heterocycles. The Bertz CT molecular complexity index is 2930. The van der Waals surface area contributed by atoms with E-state index < -0.39 is 24.4 Å². The van der Waals surface area contributed by atoms with Crippen molar-refractivity contribution in [2.75, 3.05) is 43.1 Å². The molecule has 4 bridgehead atoms. The number of methoxy groups -OCH3 is 1. The van der Waals surface area contributed by atoms with Crippen LogP contribution < -0.4 is 14.5 Å². The molecule has 77 heavy (non-hydrogen) atoms. The number of rotatable bonds is 12. The third kappa shape index (κ3) is 12.6. The number of hydrogen-bond acceptors (Lipinski definition) is 11. The second-order valence-electron chi connectivity index (χ2n) is 19.2. The number of ether oxygens (including phenoxy) is 5. The minimum absolute atomic E-state index is 0.122. The van der Waals surface area contributed by atoms with E-state index in [1.54, 1.807) is 7.11 Å². The molecule has 7 aromatic carbocycles. The van der Waals surface area contributed by atoms with Crippen LogP contribution in [0.5, 0.6) is 5.75 Å². The van der Waals surface area contributed by atoms with E-state index in [1.807, 2.05) is 170 Å². The first kappa shape index (κ1) is 52.0. The van der Waals surface area contributed by atoms with Gasteiger partial charge in [-0.05, 0) is 94.8 Å². The molecule has 4 saturated heterocycles. The highest BCUT2D eigenvalue weighted by atomic mass is 79.9. The lowest BCUT2D eigenvalue weighted by atomic mass is 10.0. The van der Waals surface area contributed by atoms with E-state index in [9.17, 15) is 19.2 Å². The smallest absolute Gasteiger partial charge is 0.429 e. The number of hydrazine groups is 2. The van der Waals surface area contributed by atoms with Crippen molar-refractivity contribution in [1.82, 2.24) is 20.0 Å². The van der Waals surface area contributed by atoms with Gasteiger partial charge < -0.3 is 33.5 Å². The number of nitrogens with zero attached hydrogens (tertiary/aromatic N) is 6. The first-order valence-electron chi connectivity index (χ1n) is 25.7. The van der Waals surface area contributed by atoms with Gasteiger partial charge in [0.05, 0.1) is 31.3 Å². The van der Waals surface area contributed by atoms with Crippen LogP contribution in [-0.4, -0.2) is 102 Å². The average Bonchev–Trinajstić information content (AvgIpc) is 3.99. The van der Waals surface area contributed by atoms with Crippen LogP contribution in [0.15, 0.2) is 199 Å². The van der Waals surface area contributed by atoms with Gasteiger partial charge in [0.25, 0.3) is 0 Å². The molecule has 4 amide bonds. The van der Waals surface area contributed by atoms with Gasteiger partial charge in [-0.15, -0.1) is 0 Å². The van der Waals surface area contributed by atoms with E-state index >= 15 is 0 Å². The SMILES string of the molecule is COc1ccc(-c2ccc(N3CC4CC(C3)N(C(=O)OCc3ccccc3)N4C(=O)OCc3ccccc3)cc2)cc1.O=C(OCc1ccccc1)N1C2CC(CN(c3ccc(Br)cc3)C2)N1C(=O)OCc1ccccc1. The highest BCUT2D eigenvalue weighted by Gasteiger charge is 2.52. The quantitative estimate of drug-likeness (QED) is 0.108. The van der Waals surface area contributed by atoms with Gasteiger partial charge in [0.2, 0.25) is 0 Å². The highest BCUT2D eigenvalue weighted by molar-refractivity contribution is 9.10. The lowest BCUT2D eigenvalue weighted by Crippen LogP contribution is -2.50.